The van der Waals surface area contributed by atoms with Crippen LogP contribution in [-0.2, 0) is 0 Å². The van der Waals surface area contributed by atoms with Gasteiger partial charge in [-0.25, -0.2) is 0 Å². The SMILES string of the molecule is C=C(CBr)C(=O)c1ccccc1. The van der Waals surface area contributed by atoms with E-state index in [4.69, 9.17) is 0 Å². The zero-order valence-corrected chi connectivity index (χ0v) is 8.17. The standard InChI is InChI=1S/C10H9BrO/c1-8(7-11)10(12)9-5-3-2-4-6-9/h2-6H,1,7H2. The highest BCUT2D eigenvalue weighted by Gasteiger charge is 2.06. The Morgan fingerprint density at radius 3 is 2.42 bits per heavy atom. The Hall–Kier alpha value is -0.890. The summed E-state index contributed by atoms with van der Waals surface area (Å²) in [6.45, 7) is 3.65. The van der Waals surface area contributed by atoms with Crippen LogP contribution >= 0.6 is 15.9 Å². The Bertz CT molecular complexity index is 290. The lowest BCUT2D eigenvalue weighted by Gasteiger charge is -1.99. The Labute approximate surface area is 80.2 Å². The van der Waals surface area contributed by atoms with E-state index >= 15 is 0 Å². The number of alkyl halides is 1. The quantitative estimate of drug-likeness (QED) is 0.439. The monoisotopic (exact) mass is 224 g/mol. The second-order valence-corrected chi connectivity index (χ2v) is 2.99. The number of allylic oxidation sites excluding steroid dienone is 1. The van der Waals surface area contributed by atoms with Crippen LogP contribution in [0.2, 0.25) is 0 Å². The van der Waals surface area contributed by atoms with Crippen LogP contribution in [0.3, 0.4) is 0 Å². The molecule has 12 heavy (non-hydrogen) atoms. The molecular formula is C10H9BrO. The zero-order chi connectivity index (χ0) is 8.97. The van der Waals surface area contributed by atoms with Crippen LogP contribution in [0.15, 0.2) is 42.5 Å². The maximum Gasteiger partial charge on any atom is 0.189 e. The molecular weight excluding hydrogens is 216 g/mol. The van der Waals surface area contributed by atoms with Gasteiger partial charge in [-0.1, -0.05) is 52.8 Å². The van der Waals surface area contributed by atoms with Gasteiger partial charge in [0.15, 0.2) is 5.78 Å². The van der Waals surface area contributed by atoms with E-state index < -0.39 is 0 Å². The maximum absolute atomic E-state index is 11.4. The number of hydrogen-bond donors (Lipinski definition) is 0. The Morgan fingerprint density at radius 2 is 1.92 bits per heavy atom. The number of carbonyl (C=O) groups is 1. The summed E-state index contributed by atoms with van der Waals surface area (Å²) in [5.41, 5.74) is 1.28. The van der Waals surface area contributed by atoms with Gasteiger partial charge >= 0.3 is 0 Å². The first-order chi connectivity index (χ1) is 5.75. The fraction of sp³-hybridized carbons (Fsp3) is 0.100. The highest BCUT2D eigenvalue weighted by atomic mass is 79.9. The van der Waals surface area contributed by atoms with Gasteiger partial charge in [-0.15, -0.1) is 0 Å². The average molecular weight is 225 g/mol. The van der Waals surface area contributed by atoms with Crippen molar-refractivity contribution in [3.8, 4) is 0 Å². The van der Waals surface area contributed by atoms with Crippen molar-refractivity contribution < 1.29 is 4.79 Å². The van der Waals surface area contributed by atoms with Gasteiger partial charge in [-0.05, 0) is 0 Å². The number of hydrogen-bond acceptors (Lipinski definition) is 1. The minimum atomic E-state index is 0.00692. The number of ketones is 1. The molecule has 0 aliphatic carbocycles. The van der Waals surface area contributed by atoms with Crippen molar-refractivity contribution in [2.75, 3.05) is 5.33 Å². The lowest BCUT2D eigenvalue weighted by Crippen LogP contribution is -2.02. The third-order valence-corrected chi connectivity index (χ3v) is 2.20. The van der Waals surface area contributed by atoms with Crippen LogP contribution in [0.25, 0.3) is 0 Å². The van der Waals surface area contributed by atoms with Crippen molar-refractivity contribution in [2.45, 2.75) is 0 Å². The molecule has 0 saturated heterocycles. The van der Waals surface area contributed by atoms with E-state index in [0.29, 0.717) is 16.5 Å². The third kappa shape index (κ3) is 2.05. The van der Waals surface area contributed by atoms with E-state index in [0.717, 1.165) is 0 Å². The summed E-state index contributed by atoms with van der Waals surface area (Å²) in [7, 11) is 0. The number of Topliss-reactive ketones (excluding diaryl/α,β-unsaturated/α-hetero) is 1. The minimum Gasteiger partial charge on any atom is -0.289 e. The molecule has 0 aliphatic heterocycles. The molecule has 0 saturated carbocycles. The van der Waals surface area contributed by atoms with E-state index in [1.807, 2.05) is 18.2 Å². The van der Waals surface area contributed by atoms with E-state index in [1.54, 1.807) is 12.1 Å². The van der Waals surface area contributed by atoms with Crippen molar-refractivity contribution >= 4 is 21.7 Å². The predicted molar refractivity (Wildman–Crippen MR) is 53.7 cm³/mol. The van der Waals surface area contributed by atoms with Gasteiger partial charge in [-0.2, -0.15) is 0 Å². The molecule has 0 bridgehead atoms. The van der Waals surface area contributed by atoms with Gasteiger partial charge in [0.05, 0.1) is 0 Å². The van der Waals surface area contributed by atoms with E-state index in [2.05, 4.69) is 22.5 Å². The lowest BCUT2D eigenvalue weighted by molar-refractivity contribution is 0.103. The summed E-state index contributed by atoms with van der Waals surface area (Å²) >= 11 is 3.19. The first kappa shape index (κ1) is 9.20. The summed E-state index contributed by atoms with van der Waals surface area (Å²) < 4.78 is 0. The van der Waals surface area contributed by atoms with E-state index in [1.165, 1.54) is 0 Å². The first-order valence-corrected chi connectivity index (χ1v) is 4.71. The number of benzene rings is 1. The molecule has 1 aromatic rings. The molecule has 0 spiro atoms. The van der Waals surface area contributed by atoms with Gasteiger partial charge < -0.3 is 0 Å². The van der Waals surface area contributed by atoms with Crippen molar-refractivity contribution in [3.05, 3.63) is 48.0 Å². The molecule has 0 aromatic heterocycles. The molecule has 0 unspecified atom stereocenters. The van der Waals surface area contributed by atoms with Crippen LogP contribution in [0, 0.1) is 0 Å². The molecule has 0 fully saturated rings. The van der Waals surface area contributed by atoms with Crippen LogP contribution in [0.5, 0.6) is 0 Å². The molecule has 0 amide bonds. The van der Waals surface area contributed by atoms with Crippen LogP contribution in [0.4, 0.5) is 0 Å². The molecule has 0 aliphatic rings. The van der Waals surface area contributed by atoms with Crippen LogP contribution < -0.4 is 0 Å². The Morgan fingerprint density at radius 1 is 1.33 bits per heavy atom. The second kappa shape index (κ2) is 4.21. The summed E-state index contributed by atoms with van der Waals surface area (Å²) in [5, 5.41) is 0.528. The highest BCUT2D eigenvalue weighted by Crippen LogP contribution is 2.07. The molecule has 1 rings (SSSR count). The molecule has 0 heterocycles. The van der Waals surface area contributed by atoms with Crippen LogP contribution in [0.1, 0.15) is 10.4 Å². The van der Waals surface area contributed by atoms with Gasteiger partial charge in [0, 0.05) is 16.5 Å². The van der Waals surface area contributed by atoms with Crippen LogP contribution in [-0.4, -0.2) is 11.1 Å². The second-order valence-electron chi connectivity index (χ2n) is 2.43. The van der Waals surface area contributed by atoms with Gasteiger partial charge in [0.2, 0.25) is 0 Å². The fourth-order valence-corrected chi connectivity index (χ4v) is 1.11. The number of rotatable bonds is 3. The third-order valence-electron chi connectivity index (χ3n) is 1.52. The van der Waals surface area contributed by atoms with Crippen molar-refractivity contribution in [2.24, 2.45) is 0 Å². The Kier molecular flexibility index (Phi) is 3.23. The largest absolute Gasteiger partial charge is 0.289 e. The summed E-state index contributed by atoms with van der Waals surface area (Å²) in [4.78, 5) is 11.4. The average Bonchev–Trinajstić information content (AvgIpc) is 2.17. The topological polar surface area (TPSA) is 17.1 Å². The highest BCUT2D eigenvalue weighted by molar-refractivity contribution is 9.09. The van der Waals surface area contributed by atoms with Crippen molar-refractivity contribution in [1.29, 1.82) is 0 Å². The normalized spacial score (nSPS) is 9.42. The van der Waals surface area contributed by atoms with Crippen molar-refractivity contribution in [1.82, 2.24) is 0 Å². The van der Waals surface area contributed by atoms with Crippen molar-refractivity contribution in [3.63, 3.8) is 0 Å². The van der Waals surface area contributed by atoms with Gasteiger partial charge in [0.25, 0.3) is 0 Å². The Balaban J connectivity index is 2.86. The number of halogens is 1. The predicted octanol–water partition coefficient (Wildman–Crippen LogP) is 2.82. The molecule has 0 N–H and O–H groups in total. The number of carbonyl (C=O) groups excluding carboxylic acids is 1. The molecule has 0 atom stereocenters. The summed E-state index contributed by atoms with van der Waals surface area (Å²) in [5.74, 6) is 0.00692. The summed E-state index contributed by atoms with van der Waals surface area (Å²) in [6.07, 6.45) is 0. The molecule has 0 radical (unpaired) electrons. The fourth-order valence-electron chi connectivity index (χ4n) is 0.854. The van der Waals surface area contributed by atoms with E-state index in [9.17, 15) is 4.79 Å². The zero-order valence-electron chi connectivity index (χ0n) is 6.59. The molecule has 1 nitrogen and oxygen atoms in total. The molecule has 1 aromatic carbocycles. The minimum absolute atomic E-state index is 0.00692. The maximum atomic E-state index is 11.4. The molecule has 62 valence electrons. The van der Waals surface area contributed by atoms with E-state index in [-0.39, 0.29) is 5.78 Å². The summed E-state index contributed by atoms with van der Waals surface area (Å²) in [6, 6.07) is 9.14. The molecule has 2 heteroatoms. The van der Waals surface area contributed by atoms with Gasteiger partial charge in [-0.3, -0.25) is 4.79 Å². The first-order valence-electron chi connectivity index (χ1n) is 3.59. The lowest BCUT2D eigenvalue weighted by atomic mass is 10.1. The smallest absolute Gasteiger partial charge is 0.189 e. The van der Waals surface area contributed by atoms with Gasteiger partial charge in [0.1, 0.15) is 0 Å².